The summed E-state index contributed by atoms with van der Waals surface area (Å²) in [6.45, 7) is 0.251. The van der Waals surface area contributed by atoms with E-state index in [9.17, 15) is 9.59 Å². The Bertz CT molecular complexity index is 341. The highest BCUT2D eigenvalue weighted by Crippen LogP contribution is 2.25. The Morgan fingerprint density at radius 2 is 2.57 bits per heavy atom. The third kappa shape index (κ3) is 2.43. The standard InChI is InChI=1S/C7H7ClN2O3S/c8-4(1-13-3-11)5-6(7(9)12)14-2-10-5/h2-4H,1H2,(H2,9,12). The van der Waals surface area contributed by atoms with Gasteiger partial charge in [0, 0.05) is 0 Å². The smallest absolute Gasteiger partial charge is 0.293 e. The average Bonchev–Trinajstić information content (AvgIpc) is 2.62. The van der Waals surface area contributed by atoms with Crippen LogP contribution in [0.1, 0.15) is 20.7 Å². The second kappa shape index (κ2) is 4.92. The van der Waals surface area contributed by atoms with Crippen LogP contribution in [0.2, 0.25) is 0 Å². The van der Waals surface area contributed by atoms with Gasteiger partial charge in [-0.05, 0) is 0 Å². The summed E-state index contributed by atoms with van der Waals surface area (Å²) in [6.07, 6.45) is 0. The highest BCUT2D eigenvalue weighted by Gasteiger charge is 2.19. The Morgan fingerprint density at radius 3 is 3.14 bits per heavy atom. The fourth-order valence-corrected chi connectivity index (χ4v) is 1.87. The van der Waals surface area contributed by atoms with Gasteiger partial charge in [0.1, 0.15) is 16.9 Å². The lowest BCUT2D eigenvalue weighted by molar-refractivity contribution is -0.128. The molecule has 0 aliphatic carbocycles. The van der Waals surface area contributed by atoms with Gasteiger partial charge in [0.05, 0.1) is 11.2 Å². The molecule has 1 atom stereocenters. The quantitative estimate of drug-likeness (QED) is 0.600. The molecular weight excluding hydrogens is 228 g/mol. The van der Waals surface area contributed by atoms with Crippen LogP contribution in [-0.2, 0) is 9.53 Å². The number of aromatic nitrogens is 1. The van der Waals surface area contributed by atoms with Crippen LogP contribution in [0.4, 0.5) is 0 Å². The molecule has 76 valence electrons. The number of carbonyl (C=O) groups is 2. The van der Waals surface area contributed by atoms with Crippen molar-refractivity contribution in [2.24, 2.45) is 5.73 Å². The number of thiazole rings is 1. The van der Waals surface area contributed by atoms with Crippen molar-refractivity contribution in [2.45, 2.75) is 5.38 Å². The number of ether oxygens (including phenoxy) is 1. The molecule has 0 saturated heterocycles. The highest BCUT2D eigenvalue weighted by atomic mass is 35.5. The predicted molar refractivity (Wildman–Crippen MR) is 51.2 cm³/mol. The van der Waals surface area contributed by atoms with E-state index < -0.39 is 11.3 Å². The molecule has 0 aliphatic rings. The second-order valence-electron chi connectivity index (χ2n) is 2.33. The number of alkyl halides is 1. The Morgan fingerprint density at radius 1 is 1.86 bits per heavy atom. The van der Waals surface area contributed by atoms with Gasteiger partial charge in [0.25, 0.3) is 12.4 Å². The van der Waals surface area contributed by atoms with E-state index in [2.05, 4.69) is 9.72 Å². The van der Waals surface area contributed by atoms with Gasteiger partial charge in [-0.25, -0.2) is 4.98 Å². The maximum atomic E-state index is 10.9. The van der Waals surface area contributed by atoms with Crippen molar-refractivity contribution in [3.8, 4) is 0 Å². The number of primary amides is 1. The molecule has 0 aromatic carbocycles. The fraction of sp³-hybridized carbons (Fsp3) is 0.286. The van der Waals surface area contributed by atoms with Crippen LogP contribution in [0.5, 0.6) is 0 Å². The number of rotatable bonds is 5. The van der Waals surface area contributed by atoms with Crippen molar-refractivity contribution in [2.75, 3.05) is 6.61 Å². The molecular formula is C7H7ClN2O3S. The van der Waals surface area contributed by atoms with Crippen LogP contribution in [0.15, 0.2) is 5.51 Å². The molecule has 1 unspecified atom stereocenters. The van der Waals surface area contributed by atoms with E-state index >= 15 is 0 Å². The van der Waals surface area contributed by atoms with E-state index in [1.54, 1.807) is 0 Å². The van der Waals surface area contributed by atoms with E-state index in [-0.39, 0.29) is 13.1 Å². The number of carbonyl (C=O) groups excluding carboxylic acids is 2. The zero-order valence-electron chi connectivity index (χ0n) is 6.97. The van der Waals surface area contributed by atoms with E-state index in [1.165, 1.54) is 5.51 Å². The van der Waals surface area contributed by atoms with Gasteiger partial charge in [-0.1, -0.05) is 0 Å². The molecule has 1 aromatic rings. The first kappa shape index (κ1) is 10.9. The van der Waals surface area contributed by atoms with Gasteiger partial charge in [-0.2, -0.15) is 0 Å². The van der Waals surface area contributed by atoms with E-state index in [0.717, 1.165) is 11.3 Å². The number of nitrogens with two attached hydrogens (primary N) is 1. The Balaban J connectivity index is 2.78. The summed E-state index contributed by atoms with van der Waals surface area (Å²) in [4.78, 5) is 25.0. The summed E-state index contributed by atoms with van der Waals surface area (Å²) in [7, 11) is 0. The van der Waals surface area contributed by atoms with Gasteiger partial charge in [0.2, 0.25) is 0 Å². The molecule has 0 aliphatic heterocycles. The SMILES string of the molecule is NC(=O)c1scnc1C(Cl)COC=O. The summed E-state index contributed by atoms with van der Waals surface area (Å²) in [5.74, 6) is -0.584. The third-order valence-electron chi connectivity index (χ3n) is 1.43. The maximum absolute atomic E-state index is 10.9. The average molecular weight is 235 g/mol. The number of amides is 1. The van der Waals surface area contributed by atoms with Crippen molar-refractivity contribution in [1.82, 2.24) is 4.98 Å². The lowest BCUT2D eigenvalue weighted by atomic mass is 10.2. The highest BCUT2D eigenvalue weighted by molar-refractivity contribution is 7.11. The Kier molecular flexibility index (Phi) is 3.84. The van der Waals surface area contributed by atoms with Crippen LogP contribution in [0.3, 0.4) is 0 Å². The predicted octanol–water partition coefficient (Wildman–Crippen LogP) is 0.695. The summed E-state index contributed by atoms with van der Waals surface area (Å²) in [5.41, 5.74) is 6.90. The van der Waals surface area contributed by atoms with Crippen molar-refractivity contribution in [3.05, 3.63) is 16.1 Å². The maximum Gasteiger partial charge on any atom is 0.293 e. The molecule has 14 heavy (non-hydrogen) atoms. The first-order chi connectivity index (χ1) is 6.66. The summed E-state index contributed by atoms with van der Waals surface area (Å²) in [6, 6.07) is 0. The summed E-state index contributed by atoms with van der Waals surface area (Å²) in [5, 5.41) is -0.644. The Labute approximate surface area is 88.8 Å². The molecule has 0 radical (unpaired) electrons. The summed E-state index contributed by atoms with van der Waals surface area (Å²) < 4.78 is 4.45. The zero-order chi connectivity index (χ0) is 10.6. The molecule has 7 heteroatoms. The van der Waals surface area contributed by atoms with E-state index in [1.807, 2.05) is 0 Å². The van der Waals surface area contributed by atoms with Crippen LogP contribution in [-0.4, -0.2) is 24.0 Å². The van der Waals surface area contributed by atoms with E-state index in [4.69, 9.17) is 17.3 Å². The molecule has 1 aromatic heterocycles. The molecule has 0 saturated carbocycles. The summed E-state index contributed by atoms with van der Waals surface area (Å²) >= 11 is 6.93. The molecule has 0 fully saturated rings. The van der Waals surface area contributed by atoms with Gasteiger partial charge >= 0.3 is 0 Å². The fourth-order valence-electron chi connectivity index (χ4n) is 0.865. The molecule has 0 bridgehead atoms. The minimum atomic E-state index is -0.644. The molecule has 2 N–H and O–H groups in total. The number of halogens is 1. The topological polar surface area (TPSA) is 82.3 Å². The number of hydrogen-bond donors (Lipinski definition) is 1. The minimum absolute atomic E-state index is 0.0327. The van der Waals surface area contributed by atoms with Crippen LogP contribution >= 0.6 is 22.9 Å². The van der Waals surface area contributed by atoms with Crippen molar-refractivity contribution in [1.29, 1.82) is 0 Å². The molecule has 1 rings (SSSR count). The van der Waals surface area contributed by atoms with Crippen LogP contribution < -0.4 is 5.73 Å². The van der Waals surface area contributed by atoms with Crippen LogP contribution in [0, 0.1) is 0 Å². The largest absolute Gasteiger partial charge is 0.466 e. The van der Waals surface area contributed by atoms with Crippen molar-refractivity contribution >= 4 is 35.3 Å². The van der Waals surface area contributed by atoms with Gasteiger partial charge in [-0.15, -0.1) is 22.9 Å². The first-order valence-electron chi connectivity index (χ1n) is 3.59. The molecule has 1 heterocycles. The minimum Gasteiger partial charge on any atom is -0.466 e. The zero-order valence-corrected chi connectivity index (χ0v) is 8.55. The first-order valence-corrected chi connectivity index (χ1v) is 4.91. The monoisotopic (exact) mass is 234 g/mol. The molecule has 5 nitrogen and oxygen atoms in total. The third-order valence-corrected chi connectivity index (χ3v) is 2.62. The van der Waals surface area contributed by atoms with Gasteiger partial charge in [-0.3, -0.25) is 9.59 Å². The second-order valence-corrected chi connectivity index (χ2v) is 3.71. The van der Waals surface area contributed by atoms with E-state index in [0.29, 0.717) is 10.6 Å². The van der Waals surface area contributed by atoms with Gasteiger partial charge < -0.3 is 10.5 Å². The number of hydrogen-bond acceptors (Lipinski definition) is 5. The molecule has 0 spiro atoms. The lowest BCUT2D eigenvalue weighted by Crippen LogP contribution is -2.13. The lowest BCUT2D eigenvalue weighted by Gasteiger charge is -2.05. The van der Waals surface area contributed by atoms with Crippen LogP contribution in [0.25, 0.3) is 0 Å². The normalized spacial score (nSPS) is 12.1. The van der Waals surface area contributed by atoms with Gasteiger partial charge in [0.15, 0.2) is 0 Å². The molecule has 1 amide bonds. The van der Waals surface area contributed by atoms with Crippen molar-refractivity contribution in [3.63, 3.8) is 0 Å². The van der Waals surface area contributed by atoms with Crippen molar-refractivity contribution < 1.29 is 14.3 Å². The number of nitrogens with zero attached hydrogens (tertiary/aromatic N) is 1. The Hall–Kier alpha value is -1.14.